The van der Waals surface area contributed by atoms with E-state index in [9.17, 15) is 4.79 Å². The summed E-state index contributed by atoms with van der Waals surface area (Å²) in [6, 6.07) is 0. The zero-order valence-corrected chi connectivity index (χ0v) is 6.96. The van der Waals surface area contributed by atoms with Crippen LogP contribution in [0, 0.1) is 5.41 Å². The average Bonchev–Trinajstić information content (AvgIpc) is 1.87. The number of aliphatic carboxylic acids is 1. The molecule has 1 atom stereocenters. The molecule has 0 aliphatic heterocycles. The smallest absolute Gasteiger partial charge is 0.304 e. The lowest BCUT2D eigenvalue weighted by molar-refractivity contribution is -0.140. The molecular formula is C7H15NO3. The number of carboxylic acid groups (broad SMARTS) is 1. The quantitative estimate of drug-likeness (QED) is 0.598. The van der Waals surface area contributed by atoms with Gasteiger partial charge in [0.25, 0.3) is 0 Å². The van der Waals surface area contributed by atoms with Gasteiger partial charge in [-0.2, -0.15) is 0 Å². The maximum absolute atomic E-state index is 10.3. The lowest BCUT2D eigenvalue weighted by Gasteiger charge is -2.24. The van der Waals surface area contributed by atoms with Gasteiger partial charge in [0, 0.05) is 19.1 Å². The minimum Gasteiger partial charge on any atom is -0.481 e. The topological polar surface area (TPSA) is 72.5 Å². The fourth-order valence-electron chi connectivity index (χ4n) is 0.896. The summed E-state index contributed by atoms with van der Waals surface area (Å²) in [6.07, 6.45) is 0.0529. The van der Waals surface area contributed by atoms with E-state index in [1.165, 1.54) is 7.11 Å². The van der Waals surface area contributed by atoms with Crippen molar-refractivity contribution in [3.8, 4) is 0 Å². The van der Waals surface area contributed by atoms with Gasteiger partial charge in [-0.1, -0.05) is 6.92 Å². The molecular weight excluding hydrogens is 146 g/mol. The van der Waals surface area contributed by atoms with Gasteiger partial charge in [-0.15, -0.1) is 0 Å². The second kappa shape index (κ2) is 4.31. The summed E-state index contributed by atoms with van der Waals surface area (Å²) >= 11 is 0. The Bertz CT molecular complexity index is 138. The van der Waals surface area contributed by atoms with Gasteiger partial charge in [0.05, 0.1) is 13.0 Å². The first kappa shape index (κ1) is 10.4. The summed E-state index contributed by atoms with van der Waals surface area (Å²) < 4.78 is 4.86. The van der Waals surface area contributed by atoms with Crippen molar-refractivity contribution in [2.45, 2.75) is 13.3 Å². The van der Waals surface area contributed by atoms with Crippen molar-refractivity contribution in [3.05, 3.63) is 0 Å². The summed E-state index contributed by atoms with van der Waals surface area (Å²) in [7, 11) is 1.54. The van der Waals surface area contributed by atoms with Crippen LogP contribution in [0.4, 0.5) is 0 Å². The fraction of sp³-hybridized carbons (Fsp3) is 0.857. The SMILES string of the molecule is COCC(C)(CN)CC(=O)O. The Balaban J connectivity index is 3.98. The molecule has 0 aromatic rings. The number of ether oxygens (including phenoxy) is 1. The van der Waals surface area contributed by atoms with Crippen LogP contribution in [0.3, 0.4) is 0 Å². The van der Waals surface area contributed by atoms with E-state index in [1.54, 1.807) is 6.92 Å². The van der Waals surface area contributed by atoms with Crippen LogP contribution in [0.25, 0.3) is 0 Å². The standard InChI is InChI=1S/C7H15NO3/c1-7(4-8,5-11-2)3-6(9)10/h3-5,8H2,1-2H3,(H,9,10). The molecule has 0 fully saturated rings. The van der Waals surface area contributed by atoms with Gasteiger partial charge in [0.2, 0.25) is 0 Å². The van der Waals surface area contributed by atoms with Crippen LogP contribution < -0.4 is 5.73 Å². The summed E-state index contributed by atoms with van der Waals surface area (Å²) in [6.45, 7) is 2.51. The normalized spacial score (nSPS) is 15.9. The Kier molecular flexibility index (Phi) is 4.07. The molecule has 0 spiro atoms. The van der Waals surface area contributed by atoms with Crippen molar-refractivity contribution in [3.63, 3.8) is 0 Å². The van der Waals surface area contributed by atoms with E-state index in [0.717, 1.165) is 0 Å². The van der Waals surface area contributed by atoms with Gasteiger partial charge in [-0.25, -0.2) is 0 Å². The molecule has 4 heteroatoms. The molecule has 66 valence electrons. The molecule has 3 N–H and O–H groups in total. The lowest BCUT2D eigenvalue weighted by atomic mass is 9.88. The van der Waals surface area contributed by atoms with Crippen LogP contribution >= 0.6 is 0 Å². The van der Waals surface area contributed by atoms with E-state index < -0.39 is 11.4 Å². The average molecular weight is 161 g/mol. The van der Waals surface area contributed by atoms with Crippen LogP contribution in [0.2, 0.25) is 0 Å². The third-order valence-electron chi connectivity index (χ3n) is 1.56. The zero-order valence-electron chi connectivity index (χ0n) is 6.96. The Morgan fingerprint density at radius 3 is 2.55 bits per heavy atom. The van der Waals surface area contributed by atoms with E-state index in [0.29, 0.717) is 13.2 Å². The number of hydrogen-bond donors (Lipinski definition) is 2. The molecule has 4 nitrogen and oxygen atoms in total. The van der Waals surface area contributed by atoms with Crippen molar-refractivity contribution in [2.24, 2.45) is 11.1 Å². The highest BCUT2D eigenvalue weighted by Gasteiger charge is 2.25. The Labute approximate surface area is 66.3 Å². The highest BCUT2D eigenvalue weighted by Crippen LogP contribution is 2.19. The first-order valence-electron chi connectivity index (χ1n) is 3.45. The van der Waals surface area contributed by atoms with E-state index in [4.69, 9.17) is 15.6 Å². The minimum atomic E-state index is -0.838. The molecule has 0 aromatic carbocycles. The molecule has 0 saturated carbocycles. The van der Waals surface area contributed by atoms with Crippen molar-refractivity contribution >= 4 is 5.97 Å². The van der Waals surface area contributed by atoms with Gasteiger partial charge < -0.3 is 15.6 Å². The Morgan fingerprint density at radius 2 is 2.27 bits per heavy atom. The van der Waals surface area contributed by atoms with Crippen LogP contribution in [0.15, 0.2) is 0 Å². The molecule has 11 heavy (non-hydrogen) atoms. The lowest BCUT2D eigenvalue weighted by Crippen LogP contribution is -2.34. The number of carbonyl (C=O) groups is 1. The summed E-state index contributed by atoms with van der Waals surface area (Å²) in [5.41, 5.74) is 4.97. The highest BCUT2D eigenvalue weighted by atomic mass is 16.5. The van der Waals surface area contributed by atoms with Gasteiger partial charge >= 0.3 is 5.97 Å². The van der Waals surface area contributed by atoms with Crippen LogP contribution in [-0.4, -0.2) is 31.3 Å². The maximum atomic E-state index is 10.3. The molecule has 0 saturated heterocycles. The predicted octanol–water partition coefficient (Wildman–Crippen LogP) is 0.0725. The highest BCUT2D eigenvalue weighted by molar-refractivity contribution is 5.67. The number of nitrogens with two attached hydrogens (primary N) is 1. The van der Waals surface area contributed by atoms with Gasteiger partial charge in [-0.3, -0.25) is 4.79 Å². The fourth-order valence-corrected chi connectivity index (χ4v) is 0.896. The molecule has 0 aliphatic rings. The molecule has 0 radical (unpaired) electrons. The van der Waals surface area contributed by atoms with Crippen molar-refractivity contribution < 1.29 is 14.6 Å². The first-order chi connectivity index (χ1) is 5.04. The van der Waals surface area contributed by atoms with E-state index in [2.05, 4.69) is 0 Å². The van der Waals surface area contributed by atoms with Crippen LogP contribution in [-0.2, 0) is 9.53 Å². The van der Waals surface area contributed by atoms with E-state index in [1.807, 2.05) is 0 Å². The van der Waals surface area contributed by atoms with Gasteiger partial charge in [0.1, 0.15) is 0 Å². The van der Waals surface area contributed by atoms with E-state index >= 15 is 0 Å². The molecule has 0 amide bonds. The summed E-state index contributed by atoms with van der Waals surface area (Å²) in [5, 5.41) is 8.50. The van der Waals surface area contributed by atoms with Gasteiger partial charge in [-0.05, 0) is 0 Å². The number of hydrogen-bond acceptors (Lipinski definition) is 3. The monoisotopic (exact) mass is 161 g/mol. The molecule has 0 aromatic heterocycles. The number of methoxy groups -OCH3 is 1. The minimum absolute atomic E-state index is 0.0529. The Hall–Kier alpha value is -0.610. The molecule has 0 rings (SSSR count). The first-order valence-corrected chi connectivity index (χ1v) is 3.45. The number of rotatable bonds is 5. The van der Waals surface area contributed by atoms with Gasteiger partial charge in [0.15, 0.2) is 0 Å². The molecule has 0 heterocycles. The molecule has 0 bridgehead atoms. The largest absolute Gasteiger partial charge is 0.481 e. The zero-order chi connectivity index (χ0) is 8.91. The maximum Gasteiger partial charge on any atom is 0.304 e. The summed E-state index contributed by atoms with van der Waals surface area (Å²) in [5.74, 6) is -0.838. The van der Waals surface area contributed by atoms with E-state index in [-0.39, 0.29) is 6.42 Å². The van der Waals surface area contributed by atoms with Crippen molar-refractivity contribution in [1.82, 2.24) is 0 Å². The third-order valence-corrected chi connectivity index (χ3v) is 1.56. The van der Waals surface area contributed by atoms with Crippen molar-refractivity contribution in [1.29, 1.82) is 0 Å². The van der Waals surface area contributed by atoms with Crippen LogP contribution in [0.5, 0.6) is 0 Å². The molecule has 0 aliphatic carbocycles. The van der Waals surface area contributed by atoms with Crippen molar-refractivity contribution in [2.75, 3.05) is 20.3 Å². The molecule has 1 unspecified atom stereocenters. The Morgan fingerprint density at radius 1 is 1.73 bits per heavy atom. The third kappa shape index (κ3) is 3.95. The van der Waals surface area contributed by atoms with Crippen LogP contribution in [0.1, 0.15) is 13.3 Å². The summed E-state index contributed by atoms with van der Waals surface area (Å²) in [4.78, 5) is 10.3. The second-order valence-corrected chi connectivity index (χ2v) is 3.02. The second-order valence-electron chi connectivity index (χ2n) is 3.02. The number of carboxylic acids is 1. The predicted molar refractivity (Wildman–Crippen MR) is 41.3 cm³/mol.